The van der Waals surface area contributed by atoms with Gasteiger partial charge in [0.15, 0.2) is 5.78 Å². The van der Waals surface area contributed by atoms with Crippen molar-refractivity contribution in [3.8, 4) is 0 Å². The molecule has 0 aliphatic carbocycles. The molecule has 0 aliphatic heterocycles. The van der Waals surface area contributed by atoms with Gasteiger partial charge in [0, 0.05) is 12.3 Å². The van der Waals surface area contributed by atoms with Crippen LogP contribution in [0.1, 0.15) is 51.0 Å². The summed E-state index contributed by atoms with van der Waals surface area (Å²) in [5.74, 6) is -2.91. The standard InChI is InChI=1S/C22H27NO4/c1-4-8-15(2)20(25)21(26)16(3)11-12-18(24)13-14-19(22(23)27)17-9-6-5-7-10-17/h5-7,9-10,13-15,19H,3-4,8,11-12H2,1-2H3,(H2,23,27)/b14-13+/t15?,19-/m0/s1. The number of hydrogen-bond donors (Lipinski definition) is 1. The molecule has 0 aliphatic rings. The zero-order valence-corrected chi connectivity index (χ0v) is 15.9. The Balaban J connectivity index is 2.62. The Hall–Kier alpha value is -2.82. The molecule has 1 rings (SSSR count). The molecule has 0 spiro atoms. The van der Waals surface area contributed by atoms with E-state index in [0.29, 0.717) is 12.0 Å². The number of nitrogens with two attached hydrogens (primary N) is 1. The lowest BCUT2D eigenvalue weighted by molar-refractivity contribution is -0.136. The summed E-state index contributed by atoms with van der Waals surface area (Å²) >= 11 is 0. The average Bonchev–Trinajstić information content (AvgIpc) is 2.65. The highest BCUT2D eigenvalue weighted by molar-refractivity contribution is 6.44. The van der Waals surface area contributed by atoms with Crippen LogP contribution in [0.4, 0.5) is 0 Å². The second kappa shape index (κ2) is 11.0. The molecule has 0 bridgehead atoms. The van der Waals surface area contributed by atoms with E-state index in [-0.39, 0.29) is 30.1 Å². The van der Waals surface area contributed by atoms with Crippen molar-refractivity contribution in [1.29, 1.82) is 0 Å². The summed E-state index contributed by atoms with van der Waals surface area (Å²) in [5.41, 5.74) is 6.24. The van der Waals surface area contributed by atoms with E-state index in [4.69, 9.17) is 5.73 Å². The van der Waals surface area contributed by atoms with E-state index in [9.17, 15) is 19.2 Å². The van der Waals surface area contributed by atoms with Gasteiger partial charge < -0.3 is 5.73 Å². The van der Waals surface area contributed by atoms with Crippen LogP contribution in [0.5, 0.6) is 0 Å². The molecule has 0 saturated heterocycles. The Morgan fingerprint density at radius 1 is 1.11 bits per heavy atom. The fourth-order valence-corrected chi connectivity index (χ4v) is 2.67. The minimum absolute atomic E-state index is 0.0385. The third-order valence-electron chi connectivity index (χ3n) is 4.33. The molecule has 1 aromatic rings. The van der Waals surface area contributed by atoms with Gasteiger partial charge in [-0.1, -0.05) is 63.3 Å². The molecular weight excluding hydrogens is 342 g/mol. The van der Waals surface area contributed by atoms with Crippen LogP contribution in [0.2, 0.25) is 0 Å². The minimum atomic E-state index is -0.698. The van der Waals surface area contributed by atoms with Crippen LogP contribution in [0.25, 0.3) is 0 Å². The second-order valence-corrected chi connectivity index (χ2v) is 6.60. The topological polar surface area (TPSA) is 94.3 Å². The maximum atomic E-state index is 12.1. The van der Waals surface area contributed by atoms with Crippen molar-refractivity contribution in [2.24, 2.45) is 11.7 Å². The Labute approximate surface area is 160 Å². The molecule has 0 aromatic heterocycles. The molecule has 5 heteroatoms. The van der Waals surface area contributed by atoms with Crippen molar-refractivity contribution in [2.75, 3.05) is 0 Å². The lowest BCUT2D eigenvalue weighted by atomic mass is 9.93. The summed E-state index contributed by atoms with van der Waals surface area (Å²) in [4.78, 5) is 47.8. The van der Waals surface area contributed by atoms with Crippen molar-refractivity contribution < 1.29 is 19.2 Å². The second-order valence-electron chi connectivity index (χ2n) is 6.60. The highest BCUT2D eigenvalue weighted by Gasteiger charge is 2.23. The number of benzene rings is 1. The number of Topliss-reactive ketones (excluding diaryl/α,β-unsaturated/α-hetero) is 2. The molecule has 0 fully saturated rings. The molecule has 27 heavy (non-hydrogen) atoms. The van der Waals surface area contributed by atoms with Crippen molar-refractivity contribution in [3.63, 3.8) is 0 Å². The number of allylic oxidation sites excluding steroid dienone is 2. The quantitative estimate of drug-likeness (QED) is 0.452. The van der Waals surface area contributed by atoms with Gasteiger partial charge in [0.1, 0.15) is 0 Å². The number of primary amides is 1. The number of amides is 1. The predicted octanol–water partition coefficient (Wildman–Crippen LogP) is 3.29. The molecular formula is C22H27NO4. The number of carbonyl (C=O) groups excluding carboxylic acids is 4. The highest BCUT2D eigenvalue weighted by atomic mass is 16.2. The molecule has 5 nitrogen and oxygen atoms in total. The van der Waals surface area contributed by atoms with Gasteiger partial charge in [0.05, 0.1) is 5.92 Å². The maximum absolute atomic E-state index is 12.1. The van der Waals surface area contributed by atoms with Crippen LogP contribution in [-0.2, 0) is 19.2 Å². The van der Waals surface area contributed by atoms with Crippen LogP contribution < -0.4 is 5.73 Å². The van der Waals surface area contributed by atoms with Crippen LogP contribution in [-0.4, -0.2) is 23.3 Å². The van der Waals surface area contributed by atoms with Gasteiger partial charge in [0.2, 0.25) is 17.5 Å². The van der Waals surface area contributed by atoms with E-state index in [1.165, 1.54) is 12.2 Å². The third-order valence-corrected chi connectivity index (χ3v) is 4.33. The Kier molecular flexibility index (Phi) is 9.06. The molecule has 2 atom stereocenters. The molecule has 1 unspecified atom stereocenters. The van der Waals surface area contributed by atoms with E-state index in [0.717, 1.165) is 6.42 Å². The van der Waals surface area contributed by atoms with Crippen LogP contribution in [0.3, 0.4) is 0 Å². The van der Waals surface area contributed by atoms with E-state index < -0.39 is 23.4 Å². The van der Waals surface area contributed by atoms with E-state index in [1.54, 1.807) is 31.2 Å². The van der Waals surface area contributed by atoms with E-state index >= 15 is 0 Å². The number of ketones is 3. The fourth-order valence-electron chi connectivity index (χ4n) is 2.67. The van der Waals surface area contributed by atoms with Gasteiger partial charge in [-0.2, -0.15) is 0 Å². The first-order valence-electron chi connectivity index (χ1n) is 9.09. The number of hydrogen-bond acceptors (Lipinski definition) is 4. The van der Waals surface area contributed by atoms with Crippen LogP contribution in [0.15, 0.2) is 54.6 Å². The molecule has 1 amide bonds. The normalized spacial score (nSPS) is 13.1. The first-order chi connectivity index (χ1) is 12.8. The summed E-state index contributed by atoms with van der Waals surface area (Å²) in [5, 5.41) is 0. The van der Waals surface area contributed by atoms with Crippen molar-refractivity contribution in [1.82, 2.24) is 0 Å². The van der Waals surface area contributed by atoms with Gasteiger partial charge in [0.25, 0.3) is 0 Å². The van der Waals surface area contributed by atoms with Crippen molar-refractivity contribution in [2.45, 2.75) is 45.4 Å². The van der Waals surface area contributed by atoms with Gasteiger partial charge >= 0.3 is 0 Å². The summed E-state index contributed by atoms with van der Waals surface area (Å²) in [7, 11) is 0. The zero-order valence-electron chi connectivity index (χ0n) is 15.9. The average molecular weight is 369 g/mol. The summed E-state index contributed by atoms with van der Waals surface area (Å²) in [6.45, 7) is 7.31. The molecule has 2 N–H and O–H groups in total. The van der Waals surface area contributed by atoms with E-state index in [1.807, 2.05) is 13.0 Å². The van der Waals surface area contributed by atoms with Gasteiger partial charge in [-0.05, 0) is 30.1 Å². The minimum Gasteiger partial charge on any atom is -0.369 e. The SMILES string of the molecule is C=C(CCC(=O)/C=C/[C@H](C(N)=O)c1ccccc1)C(=O)C(=O)C(C)CCC. The van der Waals surface area contributed by atoms with Gasteiger partial charge in [-0.3, -0.25) is 19.2 Å². The van der Waals surface area contributed by atoms with Gasteiger partial charge in [-0.25, -0.2) is 0 Å². The molecule has 1 aromatic carbocycles. The Bertz CT molecular complexity index is 734. The summed E-state index contributed by atoms with van der Waals surface area (Å²) in [6, 6.07) is 8.91. The summed E-state index contributed by atoms with van der Waals surface area (Å²) in [6.07, 6.45) is 4.36. The van der Waals surface area contributed by atoms with E-state index in [2.05, 4.69) is 6.58 Å². The molecule has 144 valence electrons. The number of rotatable bonds is 12. The third kappa shape index (κ3) is 7.13. The zero-order chi connectivity index (χ0) is 20.4. The smallest absolute Gasteiger partial charge is 0.228 e. The maximum Gasteiger partial charge on any atom is 0.228 e. The fraction of sp³-hybridized carbons (Fsp3) is 0.364. The van der Waals surface area contributed by atoms with Crippen molar-refractivity contribution >= 4 is 23.3 Å². The summed E-state index contributed by atoms with van der Waals surface area (Å²) < 4.78 is 0. The molecule has 0 saturated carbocycles. The first kappa shape index (κ1) is 22.2. The van der Waals surface area contributed by atoms with Crippen LogP contribution >= 0.6 is 0 Å². The first-order valence-corrected chi connectivity index (χ1v) is 9.09. The largest absolute Gasteiger partial charge is 0.369 e. The lowest BCUT2D eigenvalue weighted by Crippen LogP contribution is -2.23. The number of carbonyl (C=O) groups is 4. The van der Waals surface area contributed by atoms with Crippen LogP contribution in [0, 0.1) is 5.92 Å². The lowest BCUT2D eigenvalue weighted by Gasteiger charge is -2.09. The Morgan fingerprint density at radius 3 is 2.30 bits per heavy atom. The highest BCUT2D eigenvalue weighted by Crippen LogP contribution is 2.17. The molecule has 0 radical (unpaired) electrons. The van der Waals surface area contributed by atoms with Gasteiger partial charge in [-0.15, -0.1) is 0 Å². The monoisotopic (exact) mass is 369 g/mol. The Morgan fingerprint density at radius 2 is 1.74 bits per heavy atom. The predicted molar refractivity (Wildman–Crippen MR) is 105 cm³/mol. The molecule has 0 heterocycles. The van der Waals surface area contributed by atoms with Crippen molar-refractivity contribution in [3.05, 3.63) is 60.2 Å².